The first-order valence-corrected chi connectivity index (χ1v) is 7.93. The molecule has 0 spiro atoms. The number of fused-ring (bicyclic) bond motifs is 2. The van der Waals surface area contributed by atoms with Gasteiger partial charge in [-0.15, -0.1) is 0 Å². The first-order chi connectivity index (χ1) is 11.1. The molecule has 0 amide bonds. The van der Waals surface area contributed by atoms with E-state index in [2.05, 4.69) is 47.3 Å². The van der Waals surface area contributed by atoms with Crippen molar-refractivity contribution in [3.63, 3.8) is 0 Å². The zero-order chi connectivity index (χ0) is 15.9. The molecule has 0 fully saturated rings. The summed E-state index contributed by atoms with van der Waals surface area (Å²) < 4.78 is 8.25. The van der Waals surface area contributed by atoms with Crippen LogP contribution in [0.3, 0.4) is 0 Å². The Labute approximate surface area is 135 Å². The summed E-state index contributed by atoms with van der Waals surface area (Å²) in [5.41, 5.74) is 4.16. The maximum atomic E-state index is 6.21. The van der Waals surface area contributed by atoms with Crippen LogP contribution in [0, 0.1) is 0 Å². The molecule has 5 heteroatoms. The summed E-state index contributed by atoms with van der Waals surface area (Å²) in [4.78, 5) is 8.47. The van der Waals surface area contributed by atoms with Crippen molar-refractivity contribution in [3.8, 4) is 5.75 Å². The van der Waals surface area contributed by atoms with Gasteiger partial charge in [0.1, 0.15) is 11.4 Å². The topological polar surface area (TPSA) is 51.5 Å². The van der Waals surface area contributed by atoms with E-state index in [1.165, 1.54) is 5.56 Å². The zero-order valence-corrected chi connectivity index (χ0v) is 13.4. The number of nitrogens with one attached hydrogen (secondary N) is 1. The number of rotatable bonds is 3. The van der Waals surface area contributed by atoms with E-state index in [1.807, 2.05) is 16.8 Å². The highest BCUT2D eigenvalue weighted by atomic mass is 16.5. The molecule has 3 heterocycles. The molecule has 0 saturated heterocycles. The molecule has 2 aromatic heterocycles. The Bertz CT molecular complexity index is 853. The van der Waals surface area contributed by atoms with Crippen molar-refractivity contribution in [2.75, 3.05) is 5.32 Å². The summed E-state index contributed by atoms with van der Waals surface area (Å²) in [6.45, 7) is 4.97. The van der Waals surface area contributed by atoms with Crippen molar-refractivity contribution in [1.29, 1.82) is 0 Å². The molecule has 0 radical (unpaired) electrons. The molecule has 4 rings (SSSR count). The number of hydrogen-bond donors (Lipinski definition) is 1. The molecule has 1 aromatic carbocycles. The van der Waals surface area contributed by atoms with E-state index in [-0.39, 0.29) is 5.60 Å². The molecule has 0 unspecified atom stereocenters. The number of ether oxygens (including phenoxy) is 1. The lowest BCUT2D eigenvalue weighted by Gasteiger charge is -2.33. The van der Waals surface area contributed by atoms with E-state index >= 15 is 0 Å². The fourth-order valence-corrected chi connectivity index (χ4v) is 3.02. The van der Waals surface area contributed by atoms with E-state index in [9.17, 15) is 0 Å². The van der Waals surface area contributed by atoms with Crippen molar-refractivity contribution < 1.29 is 4.74 Å². The summed E-state index contributed by atoms with van der Waals surface area (Å²) in [6.07, 6.45) is 9.44. The van der Waals surface area contributed by atoms with Gasteiger partial charge in [-0.3, -0.25) is 9.38 Å². The van der Waals surface area contributed by atoms with Gasteiger partial charge in [0.05, 0.1) is 30.3 Å². The first-order valence-electron chi connectivity index (χ1n) is 7.93. The highest BCUT2D eigenvalue weighted by Gasteiger charge is 2.28. The van der Waals surface area contributed by atoms with Gasteiger partial charge in [-0.05, 0) is 38.3 Å². The highest BCUT2D eigenvalue weighted by Crippen LogP contribution is 2.38. The number of aromatic nitrogens is 3. The van der Waals surface area contributed by atoms with Crippen LogP contribution >= 0.6 is 0 Å². The van der Waals surface area contributed by atoms with E-state index in [0.29, 0.717) is 6.54 Å². The molecule has 3 aromatic rings. The predicted octanol–water partition coefficient (Wildman–Crippen LogP) is 3.45. The van der Waals surface area contributed by atoms with Crippen LogP contribution in [0.4, 0.5) is 5.69 Å². The van der Waals surface area contributed by atoms with Crippen LogP contribution in [-0.4, -0.2) is 20.0 Å². The van der Waals surface area contributed by atoms with Crippen LogP contribution in [0.5, 0.6) is 5.75 Å². The predicted molar refractivity (Wildman–Crippen MR) is 89.8 cm³/mol. The van der Waals surface area contributed by atoms with Crippen LogP contribution in [0.25, 0.3) is 5.65 Å². The van der Waals surface area contributed by atoms with Gasteiger partial charge in [0.15, 0.2) is 5.65 Å². The van der Waals surface area contributed by atoms with Crippen molar-refractivity contribution in [3.05, 3.63) is 54.2 Å². The van der Waals surface area contributed by atoms with Gasteiger partial charge in [-0.25, -0.2) is 4.98 Å². The Morgan fingerprint density at radius 1 is 1.30 bits per heavy atom. The Morgan fingerprint density at radius 3 is 3.13 bits per heavy atom. The fraction of sp³-hybridized carbons (Fsp3) is 0.333. The van der Waals surface area contributed by atoms with E-state index in [1.54, 1.807) is 12.4 Å². The number of para-hydroxylation sites is 1. The average molecular weight is 308 g/mol. The lowest BCUT2D eigenvalue weighted by Crippen LogP contribution is -2.33. The summed E-state index contributed by atoms with van der Waals surface area (Å²) in [6, 6.07) is 6.31. The maximum absolute atomic E-state index is 6.21. The third-order valence-electron chi connectivity index (χ3n) is 4.33. The molecular formula is C18H20N4O. The quantitative estimate of drug-likeness (QED) is 0.805. The largest absolute Gasteiger partial charge is 0.485 e. The minimum Gasteiger partial charge on any atom is -0.485 e. The second-order valence-electron chi connectivity index (χ2n) is 6.56. The molecule has 0 saturated carbocycles. The van der Waals surface area contributed by atoms with E-state index < -0.39 is 0 Å². The Morgan fingerprint density at radius 2 is 2.22 bits per heavy atom. The highest BCUT2D eigenvalue weighted by molar-refractivity contribution is 5.61. The monoisotopic (exact) mass is 308 g/mol. The average Bonchev–Trinajstić information content (AvgIpc) is 2.95. The summed E-state index contributed by atoms with van der Waals surface area (Å²) in [5.74, 6) is 0.985. The maximum Gasteiger partial charge on any atom is 0.155 e. The normalized spacial score (nSPS) is 15.9. The molecule has 118 valence electrons. The zero-order valence-electron chi connectivity index (χ0n) is 13.4. The first kappa shape index (κ1) is 14.1. The molecule has 23 heavy (non-hydrogen) atoms. The standard InChI is InChI=1S/C18H20N4O/c1-18(2)7-6-13-4-3-5-15(17(13)23-18)20-10-14-11-21-16-12-19-8-9-22(14)16/h3-5,8-9,11-12,20H,6-7,10H2,1-2H3. The lowest BCUT2D eigenvalue weighted by molar-refractivity contribution is 0.0856. The van der Waals surface area contributed by atoms with Gasteiger partial charge < -0.3 is 10.1 Å². The number of imidazole rings is 1. The number of benzene rings is 1. The van der Waals surface area contributed by atoms with Gasteiger partial charge in [-0.1, -0.05) is 12.1 Å². The summed E-state index contributed by atoms with van der Waals surface area (Å²) in [7, 11) is 0. The molecule has 1 aliphatic heterocycles. The number of aryl methyl sites for hydroxylation is 1. The molecule has 1 N–H and O–H groups in total. The molecule has 0 atom stereocenters. The van der Waals surface area contributed by atoms with Crippen molar-refractivity contribution in [1.82, 2.24) is 14.4 Å². The third kappa shape index (κ3) is 2.63. The Balaban J connectivity index is 1.60. The van der Waals surface area contributed by atoms with Crippen molar-refractivity contribution in [2.45, 2.75) is 38.8 Å². The van der Waals surface area contributed by atoms with Crippen LogP contribution < -0.4 is 10.1 Å². The second kappa shape index (κ2) is 5.26. The van der Waals surface area contributed by atoms with E-state index in [4.69, 9.17) is 4.74 Å². The van der Waals surface area contributed by atoms with Crippen LogP contribution in [-0.2, 0) is 13.0 Å². The summed E-state index contributed by atoms with van der Waals surface area (Å²) in [5, 5.41) is 3.50. The number of anilines is 1. The van der Waals surface area contributed by atoms with Crippen molar-refractivity contribution >= 4 is 11.3 Å². The Kier molecular flexibility index (Phi) is 3.22. The second-order valence-corrected chi connectivity index (χ2v) is 6.56. The van der Waals surface area contributed by atoms with Crippen LogP contribution in [0.2, 0.25) is 0 Å². The van der Waals surface area contributed by atoms with Gasteiger partial charge in [0.2, 0.25) is 0 Å². The van der Waals surface area contributed by atoms with Crippen molar-refractivity contribution in [2.24, 2.45) is 0 Å². The fourth-order valence-electron chi connectivity index (χ4n) is 3.02. The summed E-state index contributed by atoms with van der Waals surface area (Å²) >= 11 is 0. The minimum absolute atomic E-state index is 0.111. The van der Waals surface area contributed by atoms with Crippen LogP contribution in [0.1, 0.15) is 31.5 Å². The Hall–Kier alpha value is -2.56. The minimum atomic E-state index is -0.111. The third-order valence-corrected chi connectivity index (χ3v) is 4.33. The van der Waals surface area contributed by atoms with Gasteiger partial charge >= 0.3 is 0 Å². The number of hydrogen-bond acceptors (Lipinski definition) is 4. The molecule has 0 bridgehead atoms. The number of nitrogens with zero attached hydrogens (tertiary/aromatic N) is 3. The van der Waals surface area contributed by atoms with E-state index in [0.717, 1.165) is 35.6 Å². The molecule has 0 aliphatic carbocycles. The SMILES string of the molecule is CC1(C)CCc2cccc(NCc3cnc4cnccn34)c2O1. The lowest BCUT2D eigenvalue weighted by atomic mass is 9.94. The molecule has 5 nitrogen and oxygen atoms in total. The molecular weight excluding hydrogens is 288 g/mol. The smallest absolute Gasteiger partial charge is 0.155 e. The van der Waals surface area contributed by atoms with Gasteiger partial charge in [0, 0.05) is 12.4 Å². The molecule has 1 aliphatic rings. The van der Waals surface area contributed by atoms with Gasteiger partial charge in [-0.2, -0.15) is 0 Å². The van der Waals surface area contributed by atoms with Gasteiger partial charge in [0.25, 0.3) is 0 Å². The van der Waals surface area contributed by atoms with Crippen LogP contribution in [0.15, 0.2) is 43.0 Å².